The van der Waals surface area contributed by atoms with Gasteiger partial charge in [-0.15, -0.1) is 0 Å². The molecule has 2 unspecified atom stereocenters. The second kappa shape index (κ2) is 6.79. The molecule has 0 amide bonds. The number of nitrogens with one attached hydrogen (secondary N) is 1. The van der Waals surface area contributed by atoms with E-state index in [0.29, 0.717) is 11.6 Å². The lowest BCUT2D eigenvalue weighted by Gasteiger charge is -2.40. The van der Waals surface area contributed by atoms with Crippen LogP contribution in [0.2, 0.25) is 0 Å². The van der Waals surface area contributed by atoms with Gasteiger partial charge in [0.05, 0.1) is 0 Å². The van der Waals surface area contributed by atoms with Crippen molar-refractivity contribution in [1.82, 2.24) is 10.2 Å². The van der Waals surface area contributed by atoms with Crippen LogP contribution < -0.4 is 5.32 Å². The number of hydrogen-bond donors (Lipinski definition) is 1. The average molecular weight is 300 g/mol. The predicted octanol–water partition coefficient (Wildman–Crippen LogP) is 3.48. The molecule has 0 radical (unpaired) electrons. The molecule has 2 nitrogen and oxygen atoms in total. The highest BCUT2D eigenvalue weighted by molar-refractivity contribution is 5.24. The van der Waals surface area contributed by atoms with Gasteiger partial charge in [-0.1, -0.05) is 13.8 Å². The molecule has 1 heterocycles. The minimum Gasteiger partial charge on any atom is -0.314 e. The van der Waals surface area contributed by atoms with E-state index in [-0.39, 0.29) is 12.0 Å². The molecule has 2 rings (SSSR count). The largest absolute Gasteiger partial charge is 0.314 e. The van der Waals surface area contributed by atoms with E-state index in [0.717, 1.165) is 38.1 Å². The van der Waals surface area contributed by atoms with Crippen LogP contribution in [0.15, 0.2) is 12.1 Å². The number of halogens is 3. The highest BCUT2D eigenvalue weighted by Crippen LogP contribution is 2.35. The zero-order chi connectivity index (χ0) is 15.6. The number of likely N-dealkylation sites (tertiary alicyclic amines) is 1. The summed E-state index contributed by atoms with van der Waals surface area (Å²) in [5.41, 5.74) is 0.518. The van der Waals surface area contributed by atoms with Gasteiger partial charge in [0, 0.05) is 18.6 Å². The first-order valence-corrected chi connectivity index (χ1v) is 7.48. The molecule has 1 saturated heterocycles. The first-order valence-electron chi connectivity index (χ1n) is 7.48. The van der Waals surface area contributed by atoms with E-state index < -0.39 is 17.5 Å². The van der Waals surface area contributed by atoms with Gasteiger partial charge in [-0.3, -0.25) is 4.90 Å². The fourth-order valence-corrected chi connectivity index (χ4v) is 3.13. The minimum atomic E-state index is -1.39. The smallest absolute Gasteiger partial charge is 0.194 e. The second-order valence-electron chi connectivity index (χ2n) is 6.19. The van der Waals surface area contributed by atoms with E-state index in [1.165, 1.54) is 0 Å². The molecule has 0 bridgehead atoms. The lowest BCUT2D eigenvalue weighted by molar-refractivity contribution is 0.117. The summed E-state index contributed by atoms with van der Waals surface area (Å²) in [5, 5.41) is 3.39. The Morgan fingerprint density at radius 2 is 1.86 bits per heavy atom. The molecule has 1 aromatic rings. The van der Waals surface area contributed by atoms with Crippen molar-refractivity contribution < 1.29 is 13.2 Å². The summed E-state index contributed by atoms with van der Waals surface area (Å²) in [6.07, 6.45) is 2.05. The molecular formula is C16H23F3N2. The number of hydrogen-bond acceptors (Lipinski definition) is 2. The fourth-order valence-electron chi connectivity index (χ4n) is 3.13. The van der Waals surface area contributed by atoms with Crippen LogP contribution in [0.25, 0.3) is 0 Å². The molecule has 0 aliphatic carbocycles. The maximum atomic E-state index is 13.5. The van der Waals surface area contributed by atoms with Crippen molar-refractivity contribution in [2.75, 3.05) is 20.1 Å². The Labute approximate surface area is 124 Å². The molecule has 1 aliphatic heterocycles. The maximum Gasteiger partial charge on any atom is 0.194 e. The van der Waals surface area contributed by atoms with Gasteiger partial charge in [0.2, 0.25) is 0 Å². The van der Waals surface area contributed by atoms with Crippen molar-refractivity contribution in [3.8, 4) is 0 Å². The Bertz CT molecular complexity index is 467. The van der Waals surface area contributed by atoms with Gasteiger partial charge in [0.25, 0.3) is 0 Å². The third-order valence-corrected chi connectivity index (χ3v) is 4.14. The molecule has 2 atom stereocenters. The Morgan fingerprint density at radius 3 is 2.43 bits per heavy atom. The maximum absolute atomic E-state index is 13.5. The monoisotopic (exact) mass is 300 g/mol. The molecule has 118 valence electrons. The van der Waals surface area contributed by atoms with Crippen LogP contribution in [0, 0.1) is 23.4 Å². The lowest BCUT2D eigenvalue weighted by atomic mass is 9.84. The Kier molecular flexibility index (Phi) is 5.27. The molecule has 21 heavy (non-hydrogen) atoms. The quantitative estimate of drug-likeness (QED) is 0.856. The van der Waals surface area contributed by atoms with Crippen molar-refractivity contribution in [2.24, 2.45) is 5.92 Å². The summed E-state index contributed by atoms with van der Waals surface area (Å²) in [5.74, 6) is -3.36. The molecule has 1 aromatic carbocycles. The van der Waals surface area contributed by atoms with Gasteiger partial charge < -0.3 is 5.32 Å². The number of rotatable bonds is 4. The van der Waals surface area contributed by atoms with Gasteiger partial charge >= 0.3 is 0 Å². The number of nitrogens with zero attached hydrogens (tertiary/aromatic N) is 1. The highest BCUT2D eigenvalue weighted by Gasteiger charge is 2.31. The first kappa shape index (κ1) is 16.3. The molecule has 1 fully saturated rings. The molecular weight excluding hydrogens is 277 g/mol. The summed E-state index contributed by atoms with van der Waals surface area (Å²) >= 11 is 0. The van der Waals surface area contributed by atoms with Crippen LogP contribution in [0.4, 0.5) is 13.2 Å². The van der Waals surface area contributed by atoms with Crippen LogP contribution in [0.1, 0.15) is 38.3 Å². The summed E-state index contributed by atoms with van der Waals surface area (Å²) in [6.45, 7) is 5.80. The highest BCUT2D eigenvalue weighted by atomic mass is 19.2. The minimum absolute atomic E-state index is 0.0883. The van der Waals surface area contributed by atoms with Gasteiger partial charge in [-0.25, -0.2) is 13.2 Å². The third-order valence-electron chi connectivity index (χ3n) is 4.14. The van der Waals surface area contributed by atoms with Crippen LogP contribution in [0.3, 0.4) is 0 Å². The summed E-state index contributed by atoms with van der Waals surface area (Å²) in [7, 11) is 1.95. The van der Waals surface area contributed by atoms with Crippen molar-refractivity contribution in [2.45, 2.75) is 38.8 Å². The zero-order valence-corrected chi connectivity index (χ0v) is 12.8. The van der Waals surface area contributed by atoms with E-state index in [2.05, 4.69) is 24.1 Å². The summed E-state index contributed by atoms with van der Waals surface area (Å²) in [4.78, 5) is 2.10. The molecule has 0 saturated carbocycles. The molecule has 1 aliphatic rings. The van der Waals surface area contributed by atoms with Gasteiger partial charge in [0.15, 0.2) is 17.5 Å². The summed E-state index contributed by atoms with van der Waals surface area (Å²) < 4.78 is 40.2. The van der Waals surface area contributed by atoms with E-state index in [1.807, 2.05) is 7.05 Å². The van der Waals surface area contributed by atoms with E-state index in [4.69, 9.17) is 0 Å². The van der Waals surface area contributed by atoms with Crippen LogP contribution in [0.5, 0.6) is 0 Å². The average Bonchev–Trinajstić information content (AvgIpc) is 2.42. The predicted molar refractivity (Wildman–Crippen MR) is 77.5 cm³/mol. The molecule has 1 N–H and O–H groups in total. The standard InChI is InChI=1S/C16H23F3N2/c1-10(2)20-9-11-5-4-6-21(3)16(11)12-7-13(17)15(19)14(18)8-12/h7-8,10-11,16,20H,4-6,9H2,1-3H3. The van der Waals surface area contributed by atoms with E-state index >= 15 is 0 Å². The number of benzene rings is 1. The van der Waals surface area contributed by atoms with Crippen molar-refractivity contribution in [1.29, 1.82) is 0 Å². The zero-order valence-electron chi connectivity index (χ0n) is 12.8. The molecule has 0 spiro atoms. The fraction of sp³-hybridized carbons (Fsp3) is 0.625. The van der Waals surface area contributed by atoms with E-state index in [9.17, 15) is 13.2 Å². The topological polar surface area (TPSA) is 15.3 Å². The van der Waals surface area contributed by atoms with Crippen molar-refractivity contribution in [3.63, 3.8) is 0 Å². The van der Waals surface area contributed by atoms with Gasteiger partial charge in [-0.05, 0) is 50.0 Å². The number of piperidine rings is 1. The molecule has 5 heteroatoms. The van der Waals surface area contributed by atoms with E-state index in [1.54, 1.807) is 0 Å². The van der Waals surface area contributed by atoms with Gasteiger partial charge in [0.1, 0.15) is 0 Å². The molecule has 0 aromatic heterocycles. The van der Waals surface area contributed by atoms with Gasteiger partial charge in [-0.2, -0.15) is 0 Å². The SMILES string of the molecule is CC(C)NCC1CCCN(C)C1c1cc(F)c(F)c(F)c1. The third kappa shape index (κ3) is 3.77. The Morgan fingerprint density at radius 1 is 1.24 bits per heavy atom. The Balaban J connectivity index is 2.27. The van der Waals surface area contributed by atoms with Crippen molar-refractivity contribution >= 4 is 0 Å². The van der Waals surface area contributed by atoms with Crippen molar-refractivity contribution in [3.05, 3.63) is 35.1 Å². The van der Waals surface area contributed by atoms with Crippen LogP contribution >= 0.6 is 0 Å². The summed E-state index contributed by atoms with van der Waals surface area (Å²) in [6, 6.07) is 2.54. The first-order chi connectivity index (χ1) is 9.90. The van der Waals surface area contributed by atoms with Crippen LogP contribution in [-0.4, -0.2) is 31.1 Å². The Hall–Kier alpha value is -1.07. The van der Waals surface area contributed by atoms with Crippen LogP contribution in [-0.2, 0) is 0 Å². The second-order valence-corrected chi connectivity index (χ2v) is 6.19. The normalized spacial score (nSPS) is 23.8. The lowest BCUT2D eigenvalue weighted by Crippen LogP contribution is -2.41.